The summed E-state index contributed by atoms with van der Waals surface area (Å²) in [5.74, 6) is 0.272. The van der Waals surface area contributed by atoms with Gasteiger partial charge in [-0.3, -0.25) is 4.57 Å². The van der Waals surface area contributed by atoms with Gasteiger partial charge in [0.25, 0.3) is 0 Å². The number of nitrogens with zero attached hydrogens (tertiary/aromatic N) is 5. The number of sulfonamides is 1. The van der Waals surface area contributed by atoms with Crippen LogP contribution in [0.25, 0.3) is 11.0 Å². The predicted molar refractivity (Wildman–Crippen MR) is 108 cm³/mol. The second-order valence-corrected chi connectivity index (χ2v) is 8.55. The summed E-state index contributed by atoms with van der Waals surface area (Å²) in [5.41, 5.74) is 0.272. The molecule has 2 heterocycles. The van der Waals surface area contributed by atoms with Gasteiger partial charge in [-0.05, 0) is 60.6 Å². The van der Waals surface area contributed by atoms with Crippen LogP contribution in [0.2, 0.25) is 5.02 Å². The lowest BCUT2D eigenvalue weighted by Gasteiger charge is -2.16. The number of ether oxygens (including phenoxy) is 1. The lowest BCUT2D eigenvalue weighted by atomic mass is 10.3. The third kappa shape index (κ3) is 4.09. The molecule has 162 valence electrons. The SMILES string of the molecule is CCn1c(Oc2ccc(F)cc2)nnc1[C@@H](C)NS(=O)(=O)c1c(Cl)ccc2nonc12. The van der Waals surface area contributed by atoms with Crippen LogP contribution in [0, 0.1) is 5.82 Å². The first-order valence-corrected chi connectivity index (χ1v) is 11.0. The van der Waals surface area contributed by atoms with E-state index >= 15 is 0 Å². The minimum atomic E-state index is -4.12. The van der Waals surface area contributed by atoms with E-state index in [0.29, 0.717) is 18.1 Å². The van der Waals surface area contributed by atoms with Gasteiger partial charge < -0.3 is 4.74 Å². The van der Waals surface area contributed by atoms with E-state index in [0.717, 1.165) is 0 Å². The number of rotatable bonds is 7. The van der Waals surface area contributed by atoms with Crippen LogP contribution in [-0.2, 0) is 16.6 Å². The van der Waals surface area contributed by atoms with Crippen molar-refractivity contribution in [2.24, 2.45) is 0 Å². The molecule has 2 aromatic heterocycles. The molecule has 0 saturated heterocycles. The highest BCUT2D eigenvalue weighted by molar-refractivity contribution is 7.89. The molecule has 0 spiro atoms. The Morgan fingerprint density at radius 3 is 2.65 bits per heavy atom. The molecule has 1 atom stereocenters. The molecule has 13 heteroatoms. The zero-order valence-corrected chi connectivity index (χ0v) is 17.9. The van der Waals surface area contributed by atoms with Crippen molar-refractivity contribution in [3.05, 3.63) is 53.1 Å². The Morgan fingerprint density at radius 1 is 1.19 bits per heavy atom. The molecule has 0 fully saturated rings. The van der Waals surface area contributed by atoms with Gasteiger partial charge in [-0.25, -0.2) is 22.2 Å². The van der Waals surface area contributed by atoms with Crippen LogP contribution in [0.15, 0.2) is 45.9 Å². The summed E-state index contributed by atoms with van der Waals surface area (Å²) in [5, 5.41) is 15.3. The van der Waals surface area contributed by atoms with Gasteiger partial charge in [-0.2, -0.15) is 0 Å². The lowest BCUT2D eigenvalue weighted by Crippen LogP contribution is -2.29. The van der Waals surface area contributed by atoms with Gasteiger partial charge in [0.1, 0.15) is 22.0 Å². The Bertz CT molecular complexity index is 1340. The van der Waals surface area contributed by atoms with Gasteiger partial charge in [0.05, 0.1) is 11.1 Å². The van der Waals surface area contributed by atoms with E-state index in [4.69, 9.17) is 16.3 Å². The summed E-state index contributed by atoms with van der Waals surface area (Å²) in [7, 11) is -4.12. The molecule has 2 aromatic carbocycles. The topological polar surface area (TPSA) is 125 Å². The monoisotopic (exact) mass is 466 g/mol. The predicted octanol–water partition coefficient (Wildman–Crippen LogP) is 3.46. The zero-order chi connectivity index (χ0) is 22.2. The van der Waals surface area contributed by atoms with Crippen LogP contribution in [0.5, 0.6) is 11.8 Å². The van der Waals surface area contributed by atoms with Crippen molar-refractivity contribution in [1.29, 1.82) is 0 Å². The summed E-state index contributed by atoms with van der Waals surface area (Å²) in [4.78, 5) is -0.245. The maximum atomic E-state index is 13.1. The van der Waals surface area contributed by atoms with Crippen molar-refractivity contribution < 1.29 is 22.2 Å². The molecule has 0 amide bonds. The third-order valence-electron chi connectivity index (χ3n) is 4.41. The van der Waals surface area contributed by atoms with E-state index in [-0.39, 0.29) is 27.0 Å². The molecular weight excluding hydrogens is 451 g/mol. The smallest absolute Gasteiger partial charge is 0.322 e. The highest BCUT2D eigenvalue weighted by atomic mass is 35.5. The summed E-state index contributed by atoms with van der Waals surface area (Å²) >= 11 is 6.13. The van der Waals surface area contributed by atoms with Crippen LogP contribution >= 0.6 is 11.6 Å². The van der Waals surface area contributed by atoms with Gasteiger partial charge in [0.2, 0.25) is 10.0 Å². The van der Waals surface area contributed by atoms with Crippen LogP contribution in [0.4, 0.5) is 4.39 Å². The van der Waals surface area contributed by atoms with Crippen molar-refractivity contribution in [3.63, 3.8) is 0 Å². The molecule has 4 rings (SSSR count). The van der Waals surface area contributed by atoms with Crippen LogP contribution < -0.4 is 9.46 Å². The first-order chi connectivity index (χ1) is 14.8. The number of aromatic nitrogens is 5. The van der Waals surface area contributed by atoms with Crippen molar-refractivity contribution in [2.75, 3.05) is 0 Å². The summed E-state index contributed by atoms with van der Waals surface area (Å²) in [6.45, 7) is 3.82. The number of benzene rings is 2. The molecule has 0 aliphatic carbocycles. The van der Waals surface area contributed by atoms with E-state index in [1.807, 2.05) is 6.92 Å². The number of nitrogens with one attached hydrogen (secondary N) is 1. The Balaban J connectivity index is 1.63. The van der Waals surface area contributed by atoms with E-state index in [9.17, 15) is 12.8 Å². The van der Waals surface area contributed by atoms with Gasteiger partial charge in [0.15, 0.2) is 11.3 Å². The molecule has 10 nitrogen and oxygen atoms in total. The average molecular weight is 467 g/mol. The van der Waals surface area contributed by atoms with Crippen LogP contribution in [-0.4, -0.2) is 33.5 Å². The van der Waals surface area contributed by atoms with Crippen molar-refractivity contribution in [2.45, 2.75) is 31.3 Å². The molecule has 0 radical (unpaired) electrons. The van der Waals surface area contributed by atoms with E-state index in [1.165, 1.54) is 36.4 Å². The molecule has 1 N–H and O–H groups in total. The third-order valence-corrected chi connectivity index (χ3v) is 6.45. The maximum absolute atomic E-state index is 13.1. The first kappa shape index (κ1) is 21.2. The molecule has 0 unspecified atom stereocenters. The largest absolute Gasteiger partial charge is 0.424 e. The van der Waals surface area contributed by atoms with Crippen molar-refractivity contribution >= 4 is 32.7 Å². The van der Waals surface area contributed by atoms with E-state index < -0.39 is 21.9 Å². The van der Waals surface area contributed by atoms with Gasteiger partial charge in [-0.15, -0.1) is 5.10 Å². The zero-order valence-electron chi connectivity index (χ0n) is 16.3. The minimum Gasteiger partial charge on any atom is -0.424 e. The van der Waals surface area contributed by atoms with E-state index in [2.05, 4.69) is 29.9 Å². The minimum absolute atomic E-state index is 0.0180. The number of hydrogen-bond acceptors (Lipinski definition) is 8. The normalized spacial score (nSPS) is 12.9. The molecule has 4 aromatic rings. The Kier molecular flexibility index (Phi) is 5.60. The fourth-order valence-electron chi connectivity index (χ4n) is 3.00. The Hall–Kier alpha value is -3.09. The number of fused-ring (bicyclic) bond motifs is 1. The molecule has 0 aliphatic heterocycles. The summed E-state index contributed by atoms with van der Waals surface area (Å²) in [6.07, 6.45) is 0. The van der Waals surface area contributed by atoms with Gasteiger partial charge in [-0.1, -0.05) is 16.7 Å². The highest BCUT2D eigenvalue weighted by Crippen LogP contribution is 2.30. The summed E-state index contributed by atoms with van der Waals surface area (Å²) in [6, 6.07) is 7.64. The standard InChI is InChI=1S/C18H16ClFN6O4S/c1-3-26-17(21-22-18(26)29-12-6-4-11(20)5-7-12)10(2)25-31(27,28)16-13(19)8-9-14-15(16)24-30-23-14/h4-10,25H,3H2,1-2H3/t10-/m1/s1. The van der Waals surface area contributed by atoms with E-state index in [1.54, 1.807) is 11.5 Å². The van der Waals surface area contributed by atoms with Crippen molar-refractivity contribution in [1.82, 2.24) is 29.8 Å². The highest BCUT2D eigenvalue weighted by Gasteiger charge is 2.28. The fraction of sp³-hybridized carbons (Fsp3) is 0.222. The fourth-order valence-corrected chi connectivity index (χ4v) is 4.87. The maximum Gasteiger partial charge on any atom is 0.322 e. The Labute approximate surface area is 181 Å². The second-order valence-electron chi connectivity index (χ2n) is 6.49. The molecule has 0 aliphatic rings. The van der Waals surface area contributed by atoms with Gasteiger partial charge >= 0.3 is 6.01 Å². The lowest BCUT2D eigenvalue weighted by molar-refractivity contribution is 0.315. The van der Waals surface area contributed by atoms with Crippen LogP contribution in [0.3, 0.4) is 0 Å². The molecule has 0 saturated carbocycles. The molecule has 31 heavy (non-hydrogen) atoms. The second kappa shape index (κ2) is 8.21. The van der Waals surface area contributed by atoms with Crippen molar-refractivity contribution in [3.8, 4) is 11.8 Å². The number of halogens is 2. The first-order valence-electron chi connectivity index (χ1n) is 9.09. The molecule has 0 bridgehead atoms. The average Bonchev–Trinajstić information content (AvgIpc) is 3.35. The summed E-state index contributed by atoms with van der Waals surface area (Å²) < 4.78 is 53.6. The Morgan fingerprint density at radius 2 is 1.94 bits per heavy atom. The quantitative estimate of drug-likeness (QED) is 0.439. The molecular formula is C18H16ClFN6O4S. The van der Waals surface area contributed by atoms with Crippen LogP contribution in [0.1, 0.15) is 25.7 Å². The number of hydrogen-bond donors (Lipinski definition) is 1. The van der Waals surface area contributed by atoms with Gasteiger partial charge in [0, 0.05) is 6.54 Å².